The molecule has 0 fully saturated rings. The van der Waals surface area contributed by atoms with Gasteiger partial charge < -0.3 is 9.88 Å². The molecule has 0 saturated heterocycles. The molecule has 1 heterocycles. The van der Waals surface area contributed by atoms with Crippen LogP contribution in [-0.4, -0.2) is 22.8 Å². The largest absolute Gasteiger partial charge is 0.351 e. The van der Waals surface area contributed by atoms with Gasteiger partial charge in [0.25, 0.3) is 5.91 Å². The number of carbonyl (C=O) groups is 1. The van der Waals surface area contributed by atoms with Crippen LogP contribution in [0, 0.1) is 0 Å². The van der Waals surface area contributed by atoms with Crippen molar-refractivity contribution in [1.82, 2.24) is 9.88 Å². The lowest BCUT2D eigenvalue weighted by molar-refractivity contribution is 0.0780. The molecule has 3 nitrogen and oxygen atoms in total. The van der Waals surface area contributed by atoms with E-state index in [0.29, 0.717) is 17.3 Å². The van der Waals surface area contributed by atoms with Crippen molar-refractivity contribution in [3.63, 3.8) is 0 Å². The number of aromatic nitrogens is 1. The molecule has 0 radical (unpaired) electrons. The van der Waals surface area contributed by atoms with Crippen LogP contribution in [-0.2, 0) is 6.54 Å². The van der Waals surface area contributed by atoms with Crippen molar-refractivity contribution in [1.29, 1.82) is 0 Å². The van der Waals surface area contributed by atoms with E-state index >= 15 is 0 Å². The molecule has 0 spiro atoms. The Kier molecular flexibility index (Phi) is 3.67. The zero-order valence-corrected chi connectivity index (χ0v) is 12.4. The lowest BCUT2D eigenvalue weighted by Gasteiger charge is -2.16. The molecule has 21 heavy (non-hydrogen) atoms. The van der Waals surface area contributed by atoms with Gasteiger partial charge in [0.2, 0.25) is 0 Å². The fourth-order valence-corrected chi connectivity index (χ4v) is 2.53. The average molecular weight is 299 g/mol. The van der Waals surface area contributed by atoms with Crippen molar-refractivity contribution in [2.24, 2.45) is 0 Å². The van der Waals surface area contributed by atoms with Crippen LogP contribution in [0.4, 0.5) is 0 Å². The smallest absolute Gasteiger partial charge is 0.270 e. The fraction of sp³-hybridized carbons (Fsp3) is 0.118. The maximum absolute atomic E-state index is 12.5. The summed E-state index contributed by atoms with van der Waals surface area (Å²) in [5, 5.41) is 1.61. The molecule has 0 saturated carbocycles. The Bertz CT molecular complexity index is 780. The highest BCUT2D eigenvalue weighted by molar-refractivity contribution is 6.31. The number of H-pyrrole nitrogens is 1. The predicted octanol–water partition coefficient (Wildman–Crippen LogP) is 4.09. The summed E-state index contributed by atoms with van der Waals surface area (Å²) in [4.78, 5) is 17.3. The van der Waals surface area contributed by atoms with Crippen LogP contribution >= 0.6 is 11.6 Å². The monoisotopic (exact) mass is 298 g/mol. The molecule has 0 unspecified atom stereocenters. The Morgan fingerprint density at radius 2 is 1.90 bits per heavy atom. The van der Waals surface area contributed by atoms with E-state index in [0.717, 1.165) is 16.5 Å². The third-order valence-corrected chi connectivity index (χ3v) is 3.66. The first-order valence-electron chi connectivity index (χ1n) is 6.71. The highest BCUT2D eigenvalue weighted by Crippen LogP contribution is 2.21. The van der Waals surface area contributed by atoms with Gasteiger partial charge in [-0.2, -0.15) is 0 Å². The summed E-state index contributed by atoms with van der Waals surface area (Å²) in [6, 6.07) is 17.3. The fourth-order valence-electron chi connectivity index (χ4n) is 2.35. The van der Waals surface area contributed by atoms with E-state index in [4.69, 9.17) is 11.6 Å². The van der Waals surface area contributed by atoms with E-state index in [1.165, 1.54) is 0 Å². The molecule has 106 valence electrons. The Morgan fingerprint density at radius 1 is 1.14 bits per heavy atom. The summed E-state index contributed by atoms with van der Waals surface area (Å²) in [6.07, 6.45) is 0. The first-order valence-corrected chi connectivity index (χ1v) is 7.09. The van der Waals surface area contributed by atoms with Crippen LogP contribution < -0.4 is 0 Å². The van der Waals surface area contributed by atoms with Crippen molar-refractivity contribution < 1.29 is 4.79 Å². The van der Waals surface area contributed by atoms with Gasteiger partial charge in [-0.05, 0) is 29.8 Å². The molecular formula is C17H15ClN2O. The van der Waals surface area contributed by atoms with Gasteiger partial charge in [0, 0.05) is 29.5 Å². The van der Waals surface area contributed by atoms with Gasteiger partial charge in [0.05, 0.1) is 0 Å². The molecule has 1 amide bonds. The number of hydrogen-bond acceptors (Lipinski definition) is 1. The molecule has 1 N–H and O–H groups in total. The lowest BCUT2D eigenvalue weighted by atomic mass is 10.2. The average Bonchev–Trinajstić information content (AvgIpc) is 2.90. The van der Waals surface area contributed by atoms with Crippen molar-refractivity contribution >= 4 is 28.4 Å². The van der Waals surface area contributed by atoms with E-state index in [-0.39, 0.29) is 5.91 Å². The molecule has 3 aromatic rings. The van der Waals surface area contributed by atoms with E-state index in [9.17, 15) is 4.79 Å². The molecule has 2 aromatic carbocycles. The number of aromatic amines is 1. The number of halogens is 1. The van der Waals surface area contributed by atoms with Gasteiger partial charge in [0.1, 0.15) is 5.69 Å². The summed E-state index contributed by atoms with van der Waals surface area (Å²) < 4.78 is 0. The third-order valence-electron chi connectivity index (χ3n) is 3.42. The lowest BCUT2D eigenvalue weighted by Crippen LogP contribution is -2.26. The second kappa shape index (κ2) is 5.62. The minimum atomic E-state index is -0.0359. The van der Waals surface area contributed by atoms with Gasteiger partial charge in [-0.15, -0.1) is 0 Å². The van der Waals surface area contributed by atoms with E-state index in [1.54, 1.807) is 11.9 Å². The SMILES string of the molecule is CN(Cc1ccccc1)C(=O)c1cc2cc(Cl)ccc2[nH]1. The van der Waals surface area contributed by atoms with E-state index < -0.39 is 0 Å². The van der Waals surface area contributed by atoms with Crippen LogP contribution in [0.25, 0.3) is 10.9 Å². The Hall–Kier alpha value is -2.26. The van der Waals surface area contributed by atoms with Gasteiger partial charge in [-0.25, -0.2) is 0 Å². The Morgan fingerprint density at radius 3 is 2.67 bits per heavy atom. The van der Waals surface area contributed by atoms with Crippen LogP contribution in [0.5, 0.6) is 0 Å². The number of benzene rings is 2. The summed E-state index contributed by atoms with van der Waals surface area (Å²) in [5.41, 5.74) is 2.59. The van der Waals surface area contributed by atoms with Crippen LogP contribution in [0.2, 0.25) is 5.02 Å². The minimum Gasteiger partial charge on any atom is -0.351 e. The highest BCUT2D eigenvalue weighted by Gasteiger charge is 2.14. The quantitative estimate of drug-likeness (QED) is 0.776. The summed E-state index contributed by atoms with van der Waals surface area (Å²) in [6.45, 7) is 0.579. The van der Waals surface area contributed by atoms with E-state index in [1.807, 2.05) is 54.6 Å². The molecule has 0 aliphatic carbocycles. The maximum atomic E-state index is 12.5. The van der Waals surface area contributed by atoms with Crippen molar-refractivity contribution in [2.75, 3.05) is 7.05 Å². The number of amides is 1. The Labute approximate surface area is 128 Å². The van der Waals surface area contributed by atoms with Crippen molar-refractivity contribution in [3.8, 4) is 0 Å². The zero-order chi connectivity index (χ0) is 14.8. The third kappa shape index (κ3) is 2.93. The van der Waals surface area contributed by atoms with Crippen LogP contribution in [0.1, 0.15) is 16.1 Å². The molecule has 0 atom stereocenters. The van der Waals surface area contributed by atoms with Gasteiger partial charge in [0.15, 0.2) is 0 Å². The number of carbonyl (C=O) groups excluding carboxylic acids is 1. The zero-order valence-electron chi connectivity index (χ0n) is 11.6. The summed E-state index contributed by atoms with van der Waals surface area (Å²) in [5.74, 6) is -0.0359. The summed E-state index contributed by atoms with van der Waals surface area (Å²) >= 11 is 5.97. The first kappa shape index (κ1) is 13.7. The second-order valence-electron chi connectivity index (χ2n) is 5.06. The number of nitrogens with zero attached hydrogens (tertiary/aromatic N) is 1. The van der Waals surface area contributed by atoms with Gasteiger partial charge >= 0.3 is 0 Å². The standard InChI is InChI=1S/C17H15ClN2O/c1-20(11-12-5-3-2-4-6-12)17(21)16-10-13-9-14(18)7-8-15(13)19-16/h2-10,19H,11H2,1H3. The van der Waals surface area contributed by atoms with Gasteiger partial charge in [-0.3, -0.25) is 4.79 Å². The molecule has 3 rings (SSSR count). The Balaban J connectivity index is 1.82. The highest BCUT2D eigenvalue weighted by atomic mass is 35.5. The van der Waals surface area contributed by atoms with Crippen LogP contribution in [0.3, 0.4) is 0 Å². The molecule has 0 aliphatic rings. The number of nitrogens with one attached hydrogen (secondary N) is 1. The molecule has 1 aromatic heterocycles. The topological polar surface area (TPSA) is 36.1 Å². The number of fused-ring (bicyclic) bond motifs is 1. The van der Waals surface area contributed by atoms with Crippen molar-refractivity contribution in [3.05, 3.63) is 70.9 Å². The predicted molar refractivity (Wildman–Crippen MR) is 85.5 cm³/mol. The van der Waals surface area contributed by atoms with E-state index in [2.05, 4.69) is 4.98 Å². The van der Waals surface area contributed by atoms with Gasteiger partial charge in [-0.1, -0.05) is 41.9 Å². The second-order valence-corrected chi connectivity index (χ2v) is 5.50. The normalized spacial score (nSPS) is 10.8. The molecule has 4 heteroatoms. The molecular weight excluding hydrogens is 284 g/mol. The van der Waals surface area contributed by atoms with Crippen molar-refractivity contribution in [2.45, 2.75) is 6.54 Å². The maximum Gasteiger partial charge on any atom is 0.270 e. The van der Waals surface area contributed by atoms with Crippen LogP contribution in [0.15, 0.2) is 54.6 Å². The number of hydrogen-bond donors (Lipinski definition) is 1. The summed E-state index contributed by atoms with van der Waals surface area (Å²) in [7, 11) is 1.80. The minimum absolute atomic E-state index is 0.0359. The molecule has 0 aliphatic heterocycles. The number of rotatable bonds is 3. The molecule has 0 bridgehead atoms. The first-order chi connectivity index (χ1) is 10.1.